The summed E-state index contributed by atoms with van der Waals surface area (Å²) in [5, 5.41) is 9.27. The van der Waals surface area contributed by atoms with Crippen molar-refractivity contribution in [3.05, 3.63) is 41.6 Å². The fraction of sp³-hybridized carbons (Fsp3) is 0.250. The summed E-state index contributed by atoms with van der Waals surface area (Å²) in [5.74, 6) is -0.802. The van der Waals surface area contributed by atoms with Crippen LogP contribution in [0.1, 0.15) is 29.4 Å². The standard InChI is InChI=1S/C12H13FN4O/c1-2-3-8-6-11(17-16-8)15-12(18)9-4-5-14-7-10(9)13/h4-7H,2-3H2,1H3,(H2,15,16,17,18). The Labute approximate surface area is 103 Å². The van der Waals surface area contributed by atoms with Gasteiger partial charge in [0.05, 0.1) is 11.8 Å². The van der Waals surface area contributed by atoms with Crippen molar-refractivity contribution in [3.8, 4) is 0 Å². The number of aryl methyl sites for hydroxylation is 1. The molecule has 0 unspecified atom stereocenters. The topological polar surface area (TPSA) is 70.7 Å². The molecule has 0 aromatic carbocycles. The molecule has 0 saturated heterocycles. The van der Waals surface area contributed by atoms with Crippen LogP contribution < -0.4 is 5.32 Å². The number of nitrogens with zero attached hydrogens (tertiary/aromatic N) is 2. The first-order valence-corrected chi connectivity index (χ1v) is 5.66. The molecule has 2 heterocycles. The molecule has 6 heteroatoms. The monoisotopic (exact) mass is 248 g/mol. The summed E-state index contributed by atoms with van der Waals surface area (Å²) in [4.78, 5) is 15.4. The summed E-state index contributed by atoms with van der Waals surface area (Å²) >= 11 is 0. The van der Waals surface area contributed by atoms with Crippen LogP contribution in [0.3, 0.4) is 0 Å². The van der Waals surface area contributed by atoms with Crippen LogP contribution in [-0.4, -0.2) is 21.1 Å². The molecule has 94 valence electrons. The van der Waals surface area contributed by atoms with Crippen LogP contribution in [0.5, 0.6) is 0 Å². The minimum Gasteiger partial charge on any atom is -0.305 e. The lowest BCUT2D eigenvalue weighted by Gasteiger charge is -2.01. The third-order valence-corrected chi connectivity index (χ3v) is 2.41. The number of aromatic nitrogens is 3. The number of hydrogen-bond donors (Lipinski definition) is 2. The second kappa shape index (κ2) is 5.39. The van der Waals surface area contributed by atoms with Gasteiger partial charge in [-0.2, -0.15) is 5.10 Å². The molecule has 0 fully saturated rings. The summed E-state index contributed by atoms with van der Waals surface area (Å²) < 4.78 is 13.3. The lowest BCUT2D eigenvalue weighted by atomic mass is 10.2. The van der Waals surface area contributed by atoms with Gasteiger partial charge in [-0.05, 0) is 12.5 Å². The molecule has 0 aliphatic carbocycles. The van der Waals surface area contributed by atoms with Gasteiger partial charge in [-0.3, -0.25) is 14.9 Å². The minimum absolute atomic E-state index is 0.0509. The number of carbonyl (C=O) groups is 1. The Kier molecular flexibility index (Phi) is 3.66. The third kappa shape index (κ3) is 2.71. The number of carbonyl (C=O) groups excluding carboxylic acids is 1. The molecule has 0 saturated carbocycles. The molecule has 0 atom stereocenters. The fourth-order valence-electron chi connectivity index (χ4n) is 1.57. The first-order valence-electron chi connectivity index (χ1n) is 5.66. The zero-order valence-corrected chi connectivity index (χ0v) is 9.90. The number of halogens is 1. The molecule has 18 heavy (non-hydrogen) atoms. The molecule has 0 bridgehead atoms. The summed E-state index contributed by atoms with van der Waals surface area (Å²) in [5.41, 5.74) is 0.882. The average molecular weight is 248 g/mol. The SMILES string of the molecule is CCCc1cc(NC(=O)c2ccncc2F)n[nH]1. The zero-order valence-electron chi connectivity index (χ0n) is 9.90. The van der Waals surface area contributed by atoms with Gasteiger partial charge in [-0.15, -0.1) is 0 Å². The van der Waals surface area contributed by atoms with Crippen molar-refractivity contribution in [3.63, 3.8) is 0 Å². The van der Waals surface area contributed by atoms with Gasteiger partial charge in [0.15, 0.2) is 11.6 Å². The van der Waals surface area contributed by atoms with Crippen LogP contribution in [0.15, 0.2) is 24.5 Å². The quantitative estimate of drug-likeness (QED) is 0.870. The second-order valence-electron chi connectivity index (χ2n) is 3.84. The Balaban J connectivity index is 2.09. The number of nitrogens with one attached hydrogen (secondary N) is 2. The number of hydrogen-bond acceptors (Lipinski definition) is 3. The maximum absolute atomic E-state index is 13.3. The highest BCUT2D eigenvalue weighted by molar-refractivity contribution is 6.03. The maximum Gasteiger partial charge on any atom is 0.259 e. The van der Waals surface area contributed by atoms with Gasteiger partial charge >= 0.3 is 0 Å². The number of anilines is 1. The highest BCUT2D eigenvalue weighted by atomic mass is 19.1. The van der Waals surface area contributed by atoms with Crippen molar-refractivity contribution < 1.29 is 9.18 Å². The van der Waals surface area contributed by atoms with Crippen molar-refractivity contribution in [2.45, 2.75) is 19.8 Å². The molecule has 5 nitrogen and oxygen atoms in total. The van der Waals surface area contributed by atoms with E-state index >= 15 is 0 Å². The van der Waals surface area contributed by atoms with Crippen molar-refractivity contribution in [2.75, 3.05) is 5.32 Å². The van der Waals surface area contributed by atoms with E-state index in [1.165, 1.54) is 12.3 Å². The first-order chi connectivity index (χ1) is 8.70. The Morgan fingerprint density at radius 3 is 3.11 bits per heavy atom. The van der Waals surface area contributed by atoms with Gasteiger partial charge < -0.3 is 5.32 Å². The van der Waals surface area contributed by atoms with Crippen LogP contribution in [0.4, 0.5) is 10.2 Å². The molecular weight excluding hydrogens is 235 g/mol. The number of pyridine rings is 1. The summed E-state index contributed by atoms with van der Waals surface area (Å²) in [6.45, 7) is 2.05. The van der Waals surface area contributed by atoms with E-state index in [-0.39, 0.29) is 5.56 Å². The molecule has 0 aliphatic rings. The van der Waals surface area contributed by atoms with Crippen LogP contribution in [0.2, 0.25) is 0 Å². The molecule has 2 aromatic heterocycles. The van der Waals surface area contributed by atoms with Crippen molar-refractivity contribution in [1.29, 1.82) is 0 Å². The normalized spacial score (nSPS) is 10.3. The molecular formula is C12H13FN4O. The zero-order chi connectivity index (χ0) is 13.0. The lowest BCUT2D eigenvalue weighted by Crippen LogP contribution is -2.14. The molecule has 2 N–H and O–H groups in total. The lowest BCUT2D eigenvalue weighted by molar-refractivity contribution is 0.102. The maximum atomic E-state index is 13.3. The molecule has 0 aliphatic heterocycles. The van der Waals surface area contributed by atoms with E-state index in [0.29, 0.717) is 5.82 Å². The Morgan fingerprint density at radius 2 is 2.39 bits per heavy atom. The van der Waals surface area contributed by atoms with Crippen LogP contribution in [0, 0.1) is 5.82 Å². The number of aromatic amines is 1. The van der Waals surface area contributed by atoms with Gasteiger partial charge in [0, 0.05) is 18.0 Å². The van der Waals surface area contributed by atoms with E-state index in [4.69, 9.17) is 0 Å². The Morgan fingerprint density at radius 1 is 1.56 bits per heavy atom. The van der Waals surface area contributed by atoms with Crippen LogP contribution in [-0.2, 0) is 6.42 Å². The van der Waals surface area contributed by atoms with Gasteiger partial charge in [-0.1, -0.05) is 13.3 Å². The highest BCUT2D eigenvalue weighted by Crippen LogP contribution is 2.11. The molecule has 2 rings (SSSR count). The van der Waals surface area contributed by atoms with Crippen molar-refractivity contribution in [1.82, 2.24) is 15.2 Å². The average Bonchev–Trinajstić information content (AvgIpc) is 2.77. The Hall–Kier alpha value is -2.24. The van der Waals surface area contributed by atoms with E-state index in [1.54, 1.807) is 6.07 Å². The number of H-pyrrole nitrogens is 1. The predicted octanol–water partition coefficient (Wildman–Crippen LogP) is 2.15. The smallest absolute Gasteiger partial charge is 0.259 e. The fourth-order valence-corrected chi connectivity index (χ4v) is 1.57. The van der Waals surface area contributed by atoms with Gasteiger partial charge in [0.25, 0.3) is 5.91 Å². The molecule has 2 aromatic rings. The molecule has 0 radical (unpaired) electrons. The summed E-state index contributed by atoms with van der Waals surface area (Å²) in [6, 6.07) is 3.06. The van der Waals surface area contributed by atoms with Gasteiger partial charge in [-0.25, -0.2) is 4.39 Å². The molecule has 0 spiro atoms. The van der Waals surface area contributed by atoms with E-state index in [9.17, 15) is 9.18 Å². The summed E-state index contributed by atoms with van der Waals surface area (Å²) in [6.07, 6.45) is 4.20. The van der Waals surface area contributed by atoms with Crippen LogP contribution in [0.25, 0.3) is 0 Å². The van der Waals surface area contributed by atoms with Crippen molar-refractivity contribution >= 4 is 11.7 Å². The van der Waals surface area contributed by atoms with Crippen LogP contribution >= 0.6 is 0 Å². The van der Waals surface area contributed by atoms with Gasteiger partial charge in [0.2, 0.25) is 0 Å². The largest absolute Gasteiger partial charge is 0.305 e. The minimum atomic E-state index is -0.653. The number of amides is 1. The van der Waals surface area contributed by atoms with E-state index in [0.717, 1.165) is 24.7 Å². The van der Waals surface area contributed by atoms with E-state index in [2.05, 4.69) is 20.5 Å². The molecule has 1 amide bonds. The number of rotatable bonds is 4. The van der Waals surface area contributed by atoms with Gasteiger partial charge in [0.1, 0.15) is 0 Å². The van der Waals surface area contributed by atoms with E-state index in [1.807, 2.05) is 6.92 Å². The second-order valence-corrected chi connectivity index (χ2v) is 3.84. The predicted molar refractivity (Wildman–Crippen MR) is 64.7 cm³/mol. The highest BCUT2D eigenvalue weighted by Gasteiger charge is 2.12. The summed E-state index contributed by atoms with van der Waals surface area (Å²) in [7, 11) is 0. The first kappa shape index (κ1) is 12.2. The van der Waals surface area contributed by atoms with E-state index < -0.39 is 11.7 Å². The van der Waals surface area contributed by atoms with Crippen molar-refractivity contribution in [2.24, 2.45) is 0 Å². The third-order valence-electron chi connectivity index (χ3n) is 2.41. The Bertz CT molecular complexity index is 553.